The van der Waals surface area contributed by atoms with Gasteiger partial charge in [0.2, 0.25) is 11.8 Å². The summed E-state index contributed by atoms with van der Waals surface area (Å²) < 4.78 is 57.9. The Bertz CT molecular complexity index is 1320. The van der Waals surface area contributed by atoms with Gasteiger partial charge in [0.1, 0.15) is 11.2 Å². The number of aromatic nitrogens is 2. The van der Waals surface area contributed by atoms with Crippen molar-refractivity contribution in [3.63, 3.8) is 0 Å². The molecule has 5 aliphatic carbocycles. The van der Waals surface area contributed by atoms with Gasteiger partial charge in [0.15, 0.2) is 6.10 Å². The number of rotatable bonds is 11. The van der Waals surface area contributed by atoms with Crippen LogP contribution in [0.4, 0.5) is 13.2 Å². The molecule has 1 amide bonds. The van der Waals surface area contributed by atoms with Crippen molar-refractivity contribution in [2.45, 2.75) is 74.3 Å². The number of aliphatic hydroxyl groups excluding tert-OH is 1. The molecule has 0 aliphatic heterocycles. The normalized spacial score (nSPS) is 33.7. The van der Waals surface area contributed by atoms with E-state index in [0.717, 1.165) is 0 Å². The molecule has 42 heavy (non-hydrogen) atoms. The molecule has 0 saturated heterocycles. The SMILES string of the molecule is COC(=O)C1(C(Oc2ccc(Cl)cc2)C(=O)NC23CC(c4nnc(C5CC(COC(F)(F)F)C5)o4)(C2)C3)CC(CO)C1. The van der Waals surface area contributed by atoms with E-state index in [2.05, 4.69) is 20.3 Å². The molecule has 10 nitrogen and oxygen atoms in total. The Hall–Kier alpha value is -2.90. The van der Waals surface area contributed by atoms with Gasteiger partial charge in [-0.3, -0.25) is 14.3 Å². The van der Waals surface area contributed by atoms with Crippen molar-refractivity contribution >= 4 is 23.5 Å². The first-order valence-corrected chi connectivity index (χ1v) is 14.2. The molecule has 1 aromatic carbocycles. The van der Waals surface area contributed by atoms with Gasteiger partial charge in [-0.05, 0) is 81.0 Å². The average Bonchev–Trinajstić information content (AvgIpc) is 3.32. The van der Waals surface area contributed by atoms with Crippen molar-refractivity contribution in [3.05, 3.63) is 41.1 Å². The lowest BCUT2D eigenvalue weighted by Gasteiger charge is -2.68. The van der Waals surface area contributed by atoms with Crippen LogP contribution in [0.15, 0.2) is 28.7 Å². The minimum absolute atomic E-state index is 0.0976. The summed E-state index contributed by atoms with van der Waals surface area (Å²) in [5, 5.41) is 21.6. The van der Waals surface area contributed by atoms with Crippen LogP contribution in [0.1, 0.15) is 62.6 Å². The van der Waals surface area contributed by atoms with E-state index < -0.39 is 35.3 Å². The number of methoxy groups -OCH3 is 1. The number of carbonyl (C=O) groups excluding carboxylic acids is 2. The topological polar surface area (TPSA) is 133 Å². The quantitative estimate of drug-likeness (QED) is 0.360. The molecule has 1 atom stereocenters. The number of amides is 1. The molecule has 7 rings (SSSR count). The highest BCUT2D eigenvalue weighted by Crippen LogP contribution is 2.67. The van der Waals surface area contributed by atoms with Crippen molar-refractivity contribution in [2.75, 3.05) is 20.3 Å². The maximum absolute atomic E-state index is 13.8. The van der Waals surface area contributed by atoms with Gasteiger partial charge in [-0.1, -0.05) is 11.6 Å². The van der Waals surface area contributed by atoms with Gasteiger partial charge in [-0.25, -0.2) is 0 Å². The molecule has 2 bridgehead atoms. The second kappa shape index (κ2) is 10.4. The lowest BCUT2D eigenvalue weighted by Crippen LogP contribution is -2.78. The fourth-order valence-corrected chi connectivity index (χ4v) is 7.36. The Morgan fingerprint density at radius 2 is 1.81 bits per heavy atom. The van der Waals surface area contributed by atoms with E-state index in [1.54, 1.807) is 24.3 Å². The summed E-state index contributed by atoms with van der Waals surface area (Å²) in [6, 6.07) is 6.48. The van der Waals surface area contributed by atoms with Crippen LogP contribution in [-0.4, -0.2) is 65.5 Å². The second-order valence-electron chi connectivity index (χ2n) is 12.4. The average molecular weight is 614 g/mol. The molecule has 5 aliphatic rings. The number of carbonyl (C=O) groups is 2. The molecule has 5 saturated carbocycles. The summed E-state index contributed by atoms with van der Waals surface area (Å²) in [6.45, 7) is -0.497. The molecule has 1 aromatic heterocycles. The number of aliphatic hydroxyl groups is 1. The maximum Gasteiger partial charge on any atom is 0.522 e. The van der Waals surface area contributed by atoms with E-state index in [1.165, 1.54) is 7.11 Å². The van der Waals surface area contributed by atoms with E-state index in [4.69, 9.17) is 25.5 Å². The number of nitrogens with one attached hydrogen (secondary N) is 1. The summed E-state index contributed by atoms with van der Waals surface area (Å²) in [5.41, 5.74) is -2.13. The Kier molecular flexibility index (Phi) is 7.21. The minimum Gasteiger partial charge on any atom is -0.479 e. The first kappa shape index (κ1) is 29.2. The van der Waals surface area contributed by atoms with Crippen LogP contribution in [-0.2, 0) is 24.5 Å². The molecule has 2 N–H and O–H groups in total. The van der Waals surface area contributed by atoms with E-state index in [0.29, 0.717) is 54.7 Å². The minimum atomic E-state index is -4.64. The van der Waals surface area contributed by atoms with Crippen LogP contribution in [0.2, 0.25) is 5.02 Å². The van der Waals surface area contributed by atoms with Crippen molar-refractivity contribution in [1.82, 2.24) is 15.5 Å². The van der Waals surface area contributed by atoms with Crippen LogP contribution < -0.4 is 10.1 Å². The van der Waals surface area contributed by atoms with E-state index >= 15 is 0 Å². The predicted molar refractivity (Wildman–Crippen MR) is 138 cm³/mol. The molecule has 1 unspecified atom stereocenters. The highest BCUT2D eigenvalue weighted by molar-refractivity contribution is 6.30. The maximum atomic E-state index is 13.8. The van der Waals surface area contributed by atoms with Crippen LogP contribution >= 0.6 is 11.6 Å². The zero-order chi connectivity index (χ0) is 29.9. The van der Waals surface area contributed by atoms with Crippen molar-refractivity contribution < 1.29 is 46.5 Å². The first-order valence-electron chi connectivity index (χ1n) is 13.9. The van der Waals surface area contributed by atoms with Gasteiger partial charge in [-0.15, -0.1) is 23.4 Å². The molecule has 14 heteroatoms. The molecule has 0 radical (unpaired) electrons. The second-order valence-corrected chi connectivity index (χ2v) is 12.8. The molecule has 1 heterocycles. The summed E-state index contributed by atoms with van der Waals surface area (Å²) in [7, 11) is 1.26. The lowest BCUT2D eigenvalue weighted by molar-refractivity contribution is -0.330. The van der Waals surface area contributed by atoms with Crippen LogP contribution in [0.5, 0.6) is 5.75 Å². The fraction of sp³-hybridized carbons (Fsp3) is 0.643. The zero-order valence-electron chi connectivity index (χ0n) is 22.8. The van der Waals surface area contributed by atoms with Gasteiger partial charge in [0, 0.05) is 23.1 Å². The molecule has 0 spiro atoms. The largest absolute Gasteiger partial charge is 0.522 e. The van der Waals surface area contributed by atoms with E-state index in [-0.39, 0.29) is 49.2 Å². The number of benzene rings is 1. The Labute approximate surface area is 244 Å². The van der Waals surface area contributed by atoms with Gasteiger partial charge < -0.3 is 24.3 Å². The van der Waals surface area contributed by atoms with Crippen LogP contribution in [0.25, 0.3) is 0 Å². The molecular weight excluding hydrogens is 583 g/mol. The number of halogens is 4. The summed E-state index contributed by atoms with van der Waals surface area (Å²) >= 11 is 6.00. The van der Waals surface area contributed by atoms with E-state index in [1.807, 2.05) is 0 Å². The van der Waals surface area contributed by atoms with Crippen molar-refractivity contribution in [2.24, 2.45) is 17.3 Å². The third-order valence-electron chi connectivity index (χ3n) is 9.34. The number of hydrogen-bond acceptors (Lipinski definition) is 9. The molecule has 2 aromatic rings. The molecule has 5 fully saturated rings. The van der Waals surface area contributed by atoms with E-state index in [9.17, 15) is 27.9 Å². The molecular formula is C28H31ClF3N3O7. The lowest BCUT2D eigenvalue weighted by atomic mass is 9.39. The first-order chi connectivity index (χ1) is 19.9. The number of esters is 1. The van der Waals surface area contributed by atoms with Crippen LogP contribution in [0.3, 0.4) is 0 Å². The predicted octanol–water partition coefficient (Wildman–Crippen LogP) is 4.05. The summed E-state index contributed by atoms with van der Waals surface area (Å²) in [4.78, 5) is 26.7. The van der Waals surface area contributed by atoms with Gasteiger partial charge >= 0.3 is 12.3 Å². The monoisotopic (exact) mass is 613 g/mol. The smallest absolute Gasteiger partial charge is 0.479 e. The zero-order valence-corrected chi connectivity index (χ0v) is 23.5. The van der Waals surface area contributed by atoms with Crippen LogP contribution in [0, 0.1) is 17.3 Å². The Morgan fingerprint density at radius 1 is 1.14 bits per heavy atom. The van der Waals surface area contributed by atoms with Gasteiger partial charge in [0.25, 0.3) is 5.91 Å². The third kappa shape index (κ3) is 5.13. The van der Waals surface area contributed by atoms with Crippen molar-refractivity contribution in [3.8, 4) is 5.75 Å². The molecule has 228 valence electrons. The number of alkyl halides is 3. The standard InChI is InChI=1S/C28H31ClF3N3O7/c1-39-24(38)27(8-16(9-27)10-36)20(41-19-4-2-18(29)3-5-19)21(37)33-26-12-25(13-26,14-26)23-35-34-22(42-23)17-6-15(7-17)11-40-28(30,31)32/h2-5,15-17,20,36H,6-14H2,1H3,(H,33,37). The summed E-state index contributed by atoms with van der Waals surface area (Å²) in [6.07, 6.45) is -2.67. The number of ether oxygens (including phenoxy) is 3. The highest BCUT2D eigenvalue weighted by atomic mass is 35.5. The Balaban J connectivity index is 1.09. The fourth-order valence-electron chi connectivity index (χ4n) is 7.23. The van der Waals surface area contributed by atoms with Crippen molar-refractivity contribution in [1.29, 1.82) is 0 Å². The third-order valence-corrected chi connectivity index (χ3v) is 9.60. The summed E-state index contributed by atoms with van der Waals surface area (Å²) in [5.74, 6) is -0.235. The number of hydrogen-bond donors (Lipinski definition) is 2. The number of nitrogens with zero attached hydrogens (tertiary/aromatic N) is 2. The van der Waals surface area contributed by atoms with Gasteiger partial charge in [0.05, 0.1) is 19.1 Å². The van der Waals surface area contributed by atoms with Gasteiger partial charge in [-0.2, -0.15) is 0 Å². The highest BCUT2D eigenvalue weighted by Gasteiger charge is 2.73. The Morgan fingerprint density at radius 3 is 2.40 bits per heavy atom.